The van der Waals surface area contributed by atoms with Gasteiger partial charge in [0.1, 0.15) is 0 Å². The van der Waals surface area contributed by atoms with Crippen LogP contribution >= 0.6 is 31.9 Å². The second kappa shape index (κ2) is 6.05. The molecule has 0 saturated carbocycles. The van der Waals surface area contributed by atoms with Gasteiger partial charge in [0, 0.05) is 18.4 Å². The van der Waals surface area contributed by atoms with Gasteiger partial charge in [-0.3, -0.25) is 4.79 Å². The smallest absolute Gasteiger partial charge is 0.289 e. The van der Waals surface area contributed by atoms with E-state index in [1.165, 1.54) is 6.42 Å². The van der Waals surface area contributed by atoms with Gasteiger partial charge in [0.15, 0.2) is 10.4 Å². The van der Waals surface area contributed by atoms with E-state index in [4.69, 9.17) is 4.42 Å². The number of carbonyl (C=O) groups excluding carboxylic acids is 1. The number of halogens is 2. The number of piperidine rings is 1. The summed E-state index contributed by atoms with van der Waals surface area (Å²) in [5.74, 6) is 1.05. The molecule has 1 unspecified atom stereocenters. The van der Waals surface area contributed by atoms with Crippen molar-refractivity contribution in [2.24, 2.45) is 5.92 Å². The molecular weight excluding hydrogens is 350 g/mol. The molecule has 1 aliphatic rings. The first-order chi connectivity index (χ1) is 8.20. The van der Waals surface area contributed by atoms with E-state index in [-0.39, 0.29) is 5.91 Å². The Bertz CT molecular complexity index is 390. The van der Waals surface area contributed by atoms with Crippen LogP contribution in [0.1, 0.15) is 29.8 Å². The first-order valence-electron chi connectivity index (χ1n) is 5.81. The molecule has 1 fully saturated rings. The van der Waals surface area contributed by atoms with Crippen molar-refractivity contribution in [3.05, 3.63) is 22.6 Å². The van der Waals surface area contributed by atoms with Crippen LogP contribution in [0.3, 0.4) is 0 Å². The number of hydrogen-bond donors (Lipinski definition) is 0. The third kappa shape index (κ3) is 3.35. The molecule has 0 N–H and O–H groups in total. The van der Waals surface area contributed by atoms with Gasteiger partial charge in [-0.2, -0.15) is 0 Å². The largest absolute Gasteiger partial charge is 0.444 e. The van der Waals surface area contributed by atoms with Gasteiger partial charge in [-0.05, 0) is 53.2 Å². The van der Waals surface area contributed by atoms with Crippen LogP contribution in [0.25, 0.3) is 0 Å². The summed E-state index contributed by atoms with van der Waals surface area (Å²) in [6.07, 6.45) is 3.44. The Hall–Kier alpha value is -0.290. The number of amides is 1. The quantitative estimate of drug-likeness (QED) is 0.766. The normalized spacial score (nSPS) is 20.6. The average molecular weight is 365 g/mol. The summed E-state index contributed by atoms with van der Waals surface area (Å²) in [6, 6.07) is 3.48. The van der Waals surface area contributed by atoms with Crippen LogP contribution in [0, 0.1) is 5.92 Å². The lowest BCUT2D eigenvalue weighted by Gasteiger charge is -2.32. The van der Waals surface area contributed by atoms with Crippen molar-refractivity contribution in [1.29, 1.82) is 0 Å². The van der Waals surface area contributed by atoms with Crippen molar-refractivity contribution in [3.8, 4) is 0 Å². The molecule has 94 valence electrons. The van der Waals surface area contributed by atoms with E-state index in [0.29, 0.717) is 16.3 Å². The summed E-state index contributed by atoms with van der Waals surface area (Å²) < 4.78 is 5.92. The summed E-state index contributed by atoms with van der Waals surface area (Å²) in [5, 5.41) is 1.01. The Morgan fingerprint density at radius 3 is 3.00 bits per heavy atom. The molecule has 0 radical (unpaired) electrons. The molecule has 1 saturated heterocycles. The van der Waals surface area contributed by atoms with Gasteiger partial charge in [-0.1, -0.05) is 15.9 Å². The van der Waals surface area contributed by atoms with Crippen LogP contribution in [-0.2, 0) is 0 Å². The second-order valence-electron chi connectivity index (χ2n) is 4.34. The molecule has 3 nitrogen and oxygen atoms in total. The molecule has 0 aliphatic carbocycles. The molecule has 0 spiro atoms. The molecule has 5 heteroatoms. The molecule has 1 aliphatic heterocycles. The number of carbonyl (C=O) groups is 1. The highest BCUT2D eigenvalue weighted by molar-refractivity contribution is 9.10. The predicted molar refractivity (Wildman–Crippen MR) is 73.4 cm³/mol. The highest BCUT2D eigenvalue weighted by atomic mass is 79.9. The zero-order valence-corrected chi connectivity index (χ0v) is 12.7. The fourth-order valence-corrected chi connectivity index (χ4v) is 3.18. The van der Waals surface area contributed by atoms with Crippen LogP contribution in [0.2, 0.25) is 0 Å². The Kier molecular flexibility index (Phi) is 4.68. The third-order valence-corrected chi connectivity index (χ3v) is 3.99. The van der Waals surface area contributed by atoms with Crippen molar-refractivity contribution in [1.82, 2.24) is 4.90 Å². The van der Waals surface area contributed by atoms with Gasteiger partial charge in [0.25, 0.3) is 5.91 Å². The van der Waals surface area contributed by atoms with Gasteiger partial charge in [0.2, 0.25) is 0 Å². The fraction of sp³-hybridized carbons (Fsp3) is 0.583. The SMILES string of the molecule is O=C(c1ccc(Br)o1)N1CCCC(CCBr)C1. The number of alkyl halides is 1. The number of rotatable bonds is 3. The molecule has 1 aromatic rings. The maximum atomic E-state index is 12.2. The predicted octanol–water partition coefficient (Wildman–Crippen LogP) is 3.68. The van der Waals surface area contributed by atoms with Crippen molar-refractivity contribution in [2.45, 2.75) is 19.3 Å². The summed E-state index contributed by atoms with van der Waals surface area (Å²) in [6.45, 7) is 1.69. The van der Waals surface area contributed by atoms with Crippen LogP contribution in [0.5, 0.6) is 0 Å². The zero-order chi connectivity index (χ0) is 12.3. The summed E-state index contributed by atoms with van der Waals surface area (Å²) in [7, 11) is 0. The molecule has 1 amide bonds. The Morgan fingerprint density at radius 1 is 1.53 bits per heavy atom. The van der Waals surface area contributed by atoms with E-state index in [1.807, 2.05) is 4.90 Å². The van der Waals surface area contributed by atoms with Crippen molar-refractivity contribution in [2.75, 3.05) is 18.4 Å². The first kappa shape index (κ1) is 13.1. The molecule has 17 heavy (non-hydrogen) atoms. The van der Waals surface area contributed by atoms with Crippen molar-refractivity contribution < 1.29 is 9.21 Å². The molecule has 0 bridgehead atoms. The maximum absolute atomic E-state index is 12.2. The number of nitrogens with zero attached hydrogens (tertiary/aromatic N) is 1. The summed E-state index contributed by atoms with van der Waals surface area (Å²) in [4.78, 5) is 14.1. The average Bonchev–Trinajstić information content (AvgIpc) is 2.76. The molecule has 2 heterocycles. The maximum Gasteiger partial charge on any atom is 0.289 e. The highest BCUT2D eigenvalue weighted by Crippen LogP contribution is 2.23. The second-order valence-corrected chi connectivity index (χ2v) is 5.92. The van der Waals surface area contributed by atoms with Gasteiger partial charge in [-0.15, -0.1) is 0 Å². The Morgan fingerprint density at radius 2 is 2.35 bits per heavy atom. The van der Waals surface area contributed by atoms with Crippen molar-refractivity contribution >= 4 is 37.8 Å². The lowest BCUT2D eigenvalue weighted by molar-refractivity contribution is 0.0638. The minimum absolute atomic E-state index is 0.00923. The molecule has 2 rings (SSSR count). The van der Waals surface area contributed by atoms with Gasteiger partial charge >= 0.3 is 0 Å². The van der Waals surface area contributed by atoms with E-state index < -0.39 is 0 Å². The number of hydrogen-bond acceptors (Lipinski definition) is 2. The van der Waals surface area contributed by atoms with Crippen LogP contribution < -0.4 is 0 Å². The monoisotopic (exact) mass is 363 g/mol. The Labute approximate surface area is 118 Å². The van der Waals surface area contributed by atoms with Gasteiger partial charge in [-0.25, -0.2) is 0 Å². The fourth-order valence-electron chi connectivity index (χ4n) is 2.22. The van der Waals surface area contributed by atoms with Crippen LogP contribution in [-0.4, -0.2) is 29.2 Å². The van der Waals surface area contributed by atoms with Crippen LogP contribution in [0.15, 0.2) is 21.2 Å². The molecule has 0 aromatic carbocycles. The Balaban J connectivity index is 1.99. The molecule has 1 aromatic heterocycles. The first-order valence-corrected chi connectivity index (χ1v) is 7.72. The van der Waals surface area contributed by atoms with Gasteiger partial charge < -0.3 is 9.32 Å². The minimum atomic E-state index is 0.00923. The molecular formula is C12H15Br2NO2. The number of furan rings is 1. The summed E-state index contributed by atoms with van der Waals surface area (Å²) >= 11 is 6.68. The van der Waals surface area contributed by atoms with E-state index in [9.17, 15) is 4.79 Å². The standard InChI is InChI=1S/C12H15Br2NO2/c13-6-5-9-2-1-7-15(8-9)12(16)10-3-4-11(14)17-10/h3-4,9H,1-2,5-8H2. The van der Waals surface area contributed by atoms with E-state index >= 15 is 0 Å². The van der Waals surface area contributed by atoms with E-state index in [1.54, 1.807) is 12.1 Å². The highest BCUT2D eigenvalue weighted by Gasteiger charge is 2.25. The number of likely N-dealkylation sites (tertiary alicyclic amines) is 1. The lowest BCUT2D eigenvalue weighted by Crippen LogP contribution is -2.39. The van der Waals surface area contributed by atoms with E-state index in [2.05, 4.69) is 31.9 Å². The minimum Gasteiger partial charge on any atom is -0.444 e. The molecule has 1 atom stereocenters. The zero-order valence-electron chi connectivity index (χ0n) is 9.49. The van der Waals surface area contributed by atoms with Gasteiger partial charge in [0.05, 0.1) is 0 Å². The lowest BCUT2D eigenvalue weighted by atomic mass is 9.95. The van der Waals surface area contributed by atoms with E-state index in [0.717, 1.165) is 31.3 Å². The third-order valence-electron chi connectivity index (χ3n) is 3.11. The van der Waals surface area contributed by atoms with Crippen molar-refractivity contribution in [3.63, 3.8) is 0 Å². The summed E-state index contributed by atoms with van der Waals surface area (Å²) in [5.41, 5.74) is 0. The topological polar surface area (TPSA) is 33.5 Å². The van der Waals surface area contributed by atoms with Crippen LogP contribution in [0.4, 0.5) is 0 Å².